The highest BCUT2D eigenvalue weighted by molar-refractivity contribution is 5.61. The van der Waals surface area contributed by atoms with Crippen LogP contribution in [0.15, 0.2) is 60.9 Å². The van der Waals surface area contributed by atoms with E-state index in [0.717, 1.165) is 24.2 Å². The van der Waals surface area contributed by atoms with E-state index in [1.54, 1.807) is 0 Å². The topological polar surface area (TPSA) is 25.8 Å². The molecule has 2 nitrogen and oxygen atoms in total. The lowest BCUT2D eigenvalue weighted by atomic mass is 10.0. The number of nitrogens with zero attached hydrogens (tertiary/aromatic N) is 2. The summed E-state index contributed by atoms with van der Waals surface area (Å²) in [7, 11) is 0. The third-order valence-electron chi connectivity index (χ3n) is 3.89. The van der Waals surface area contributed by atoms with Gasteiger partial charge in [0.25, 0.3) is 0 Å². The molecular formula is C24H32N2. The minimum absolute atomic E-state index is 0.804. The molecule has 0 N–H and O–H groups in total. The van der Waals surface area contributed by atoms with Gasteiger partial charge in [-0.05, 0) is 43.4 Å². The molecule has 0 bridgehead atoms. The largest absolute Gasteiger partial charge is 0.241 e. The van der Waals surface area contributed by atoms with E-state index in [-0.39, 0.29) is 0 Å². The van der Waals surface area contributed by atoms with E-state index in [1.807, 2.05) is 47.0 Å². The van der Waals surface area contributed by atoms with Crippen molar-refractivity contribution in [2.75, 3.05) is 0 Å². The molecule has 0 amide bonds. The number of aryl methyl sites for hydroxylation is 4. The second-order valence-electron chi connectivity index (χ2n) is 5.70. The molecule has 0 saturated carbocycles. The molecule has 0 radical (unpaired) electrons. The number of rotatable bonds is 4. The van der Waals surface area contributed by atoms with Crippen LogP contribution >= 0.6 is 0 Å². The monoisotopic (exact) mass is 348 g/mol. The van der Waals surface area contributed by atoms with E-state index >= 15 is 0 Å². The molecule has 26 heavy (non-hydrogen) atoms. The highest BCUT2D eigenvalue weighted by atomic mass is 14.8. The molecule has 0 spiro atoms. The van der Waals surface area contributed by atoms with E-state index in [4.69, 9.17) is 0 Å². The van der Waals surface area contributed by atoms with Gasteiger partial charge < -0.3 is 0 Å². The number of benzene rings is 2. The lowest BCUT2D eigenvalue weighted by Gasteiger charge is -2.05. The third-order valence-corrected chi connectivity index (χ3v) is 3.89. The fourth-order valence-electron chi connectivity index (χ4n) is 2.45. The zero-order chi connectivity index (χ0) is 19.4. The van der Waals surface area contributed by atoms with Crippen molar-refractivity contribution in [1.82, 2.24) is 9.97 Å². The highest BCUT2D eigenvalue weighted by Gasteiger charge is 2.00. The van der Waals surface area contributed by atoms with E-state index < -0.39 is 0 Å². The molecule has 0 aliphatic heterocycles. The van der Waals surface area contributed by atoms with Gasteiger partial charge in [-0.15, -0.1) is 0 Å². The zero-order valence-corrected chi connectivity index (χ0v) is 17.1. The Bertz CT molecular complexity index is 727. The average molecular weight is 349 g/mol. The summed E-state index contributed by atoms with van der Waals surface area (Å²) >= 11 is 0. The molecule has 2 heteroatoms. The Morgan fingerprint density at radius 2 is 1.00 bits per heavy atom. The van der Waals surface area contributed by atoms with Gasteiger partial charge in [0.2, 0.25) is 0 Å². The molecule has 0 saturated heterocycles. The maximum absolute atomic E-state index is 4.25. The summed E-state index contributed by atoms with van der Waals surface area (Å²) in [6, 6.07) is 17.5. The SMILES string of the molecule is CC.CC.Cc1ccc(CCc2ccc(-c3cnc(C)nc3)cc2)cc1. The van der Waals surface area contributed by atoms with Crippen molar-refractivity contribution in [3.05, 3.63) is 83.4 Å². The average Bonchev–Trinajstić information content (AvgIpc) is 2.72. The van der Waals surface area contributed by atoms with Gasteiger partial charge in [0, 0.05) is 18.0 Å². The molecule has 0 aliphatic carbocycles. The summed E-state index contributed by atoms with van der Waals surface area (Å²) in [5, 5.41) is 0. The Morgan fingerprint density at radius 3 is 1.46 bits per heavy atom. The molecule has 0 aliphatic rings. The predicted molar refractivity (Wildman–Crippen MR) is 113 cm³/mol. The Morgan fingerprint density at radius 1 is 0.577 bits per heavy atom. The maximum Gasteiger partial charge on any atom is 0.125 e. The van der Waals surface area contributed by atoms with Crippen LogP contribution < -0.4 is 0 Å². The molecule has 3 aromatic rings. The van der Waals surface area contributed by atoms with Gasteiger partial charge in [-0.2, -0.15) is 0 Å². The van der Waals surface area contributed by atoms with Gasteiger partial charge in [0.1, 0.15) is 5.82 Å². The van der Waals surface area contributed by atoms with Crippen LogP contribution in [0.2, 0.25) is 0 Å². The van der Waals surface area contributed by atoms with E-state index in [0.29, 0.717) is 0 Å². The normalized spacial score (nSPS) is 9.46. The van der Waals surface area contributed by atoms with Gasteiger partial charge >= 0.3 is 0 Å². The smallest absolute Gasteiger partial charge is 0.125 e. The Kier molecular flexibility index (Phi) is 9.93. The van der Waals surface area contributed by atoms with Crippen molar-refractivity contribution in [3.63, 3.8) is 0 Å². The highest BCUT2D eigenvalue weighted by Crippen LogP contribution is 2.19. The Hall–Kier alpha value is -2.48. The van der Waals surface area contributed by atoms with Gasteiger partial charge in [0.15, 0.2) is 0 Å². The van der Waals surface area contributed by atoms with Gasteiger partial charge in [0.05, 0.1) is 0 Å². The number of hydrogen-bond donors (Lipinski definition) is 0. The van der Waals surface area contributed by atoms with Crippen LogP contribution in [-0.2, 0) is 12.8 Å². The number of hydrogen-bond acceptors (Lipinski definition) is 2. The van der Waals surface area contributed by atoms with Gasteiger partial charge in [-0.3, -0.25) is 0 Å². The van der Waals surface area contributed by atoms with Crippen molar-refractivity contribution in [2.45, 2.75) is 54.4 Å². The van der Waals surface area contributed by atoms with E-state index in [9.17, 15) is 0 Å². The predicted octanol–water partition coefficient (Wildman–Crippen LogP) is 6.60. The molecule has 1 aromatic heterocycles. The zero-order valence-electron chi connectivity index (χ0n) is 17.1. The lowest BCUT2D eigenvalue weighted by molar-refractivity contribution is 0.959. The quantitative estimate of drug-likeness (QED) is 0.531. The van der Waals surface area contributed by atoms with Crippen LogP contribution in [0.4, 0.5) is 0 Å². The summed E-state index contributed by atoms with van der Waals surface area (Å²) in [6.07, 6.45) is 5.90. The van der Waals surface area contributed by atoms with Gasteiger partial charge in [-0.1, -0.05) is 81.8 Å². The summed E-state index contributed by atoms with van der Waals surface area (Å²) in [5.74, 6) is 0.804. The first-order valence-corrected chi connectivity index (χ1v) is 9.64. The molecule has 0 fully saturated rings. The second kappa shape index (κ2) is 12.0. The molecule has 2 aromatic carbocycles. The molecule has 1 heterocycles. The van der Waals surface area contributed by atoms with Crippen LogP contribution in [0.3, 0.4) is 0 Å². The number of aromatic nitrogens is 2. The van der Waals surface area contributed by atoms with Crippen LogP contribution in [0.1, 0.15) is 50.2 Å². The first kappa shape index (κ1) is 21.6. The Labute approximate surface area is 159 Å². The minimum atomic E-state index is 0.804. The van der Waals surface area contributed by atoms with Crippen molar-refractivity contribution in [2.24, 2.45) is 0 Å². The Balaban J connectivity index is 0.000000791. The minimum Gasteiger partial charge on any atom is -0.241 e. The van der Waals surface area contributed by atoms with Crippen molar-refractivity contribution in [1.29, 1.82) is 0 Å². The summed E-state index contributed by atoms with van der Waals surface area (Å²) in [5.41, 5.74) is 6.29. The van der Waals surface area contributed by atoms with Crippen molar-refractivity contribution >= 4 is 0 Å². The molecule has 0 atom stereocenters. The summed E-state index contributed by atoms with van der Waals surface area (Å²) in [4.78, 5) is 8.50. The fourth-order valence-corrected chi connectivity index (χ4v) is 2.45. The third kappa shape index (κ3) is 6.79. The maximum atomic E-state index is 4.25. The van der Waals surface area contributed by atoms with Crippen LogP contribution in [0.25, 0.3) is 11.1 Å². The molecule has 0 unspecified atom stereocenters. The van der Waals surface area contributed by atoms with E-state index in [1.165, 1.54) is 22.3 Å². The molecule has 138 valence electrons. The fraction of sp³-hybridized carbons (Fsp3) is 0.333. The molecule has 3 rings (SSSR count). The van der Waals surface area contributed by atoms with Crippen molar-refractivity contribution < 1.29 is 0 Å². The standard InChI is InChI=1S/C20H20N2.2C2H6/c1-15-3-5-17(6-4-15)7-8-18-9-11-19(12-10-18)20-13-21-16(2)22-14-20;2*1-2/h3-6,9-14H,7-8H2,1-2H3;2*1-2H3. The van der Waals surface area contributed by atoms with Gasteiger partial charge in [-0.25, -0.2) is 9.97 Å². The first-order valence-electron chi connectivity index (χ1n) is 9.64. The first-order chi connectivity index (χ1) is 12.7. The van der Waals surface area contributed by atoms with Crippen molar-refractivity contribution in [3.8, 4) is 11.1 Å². The summed E-state index contributed by atoms with van der Waals surface area (Å²) < 4.78 is 0. The van der Waals surface area contributed by atoms with Crippen LogP contribution in [-0.4, -0.2) is 9.97 Å². The van der Waals surface area contributed by atoms with Crippen LogP contribution in [0, 0.1) is 13.8 Å². The lowest BCUT2D eigenvalue weighted by Crippen LogP contribution is -1.92. The second-order valence-corrected chi connectivity index (χ2v) is 5.70. The van der Waals surface area contributed by atoms with E-state index in [2.05, 4.69) is 65.4 Å². The summed E-state index contributed by atoms with van der Waals surface area (Å²) in [6.45, 7) is 12.0. The molecular weight excluding hydrogens is 316 g/mol. The van der Waals surface area contributed by atoms with Crippen LogP contribution in [0.5, 0.6) is 0 Å².